The molecule has 1 N–H and O–H groups in total. The van der Waals surface area contributed by atoms with Crippen LogP contribution in [0, 0.1) is 0 Å². The van der Waals surface area contributed by atoms with Crippen molar-refractivity contribution in [2.45, 2.75) is 10.8 Å². The molecule has 0 aliphatic rings. The monoisotopic (exact) mass is 335 g/mol. The van der Waals surface area contributed by atoms with Crippen molar-refractivity contribution in [2.24, 2.45) is 0 Å². The maximum atomic E-state index is 12.0. The van der Waals surface area contributed by atoms with Crippen molar-refractivity contribution < 1.29 is 17.9 Å². The summed E-state index contributed by atoms with van der Waals surface area (Å²) in [6.07, 6.45) is 2.69. The van der Waals surface area contributed by atoms with Crippen LogP contribution in [0.15, 0.2) is 28.7 Å². The lowest BCUT2D eigenvalue weighted by Gasteiger charge is -2.02. The quantitative estimate of drug-likeness (QED) is 0.838. The van der Waals surface area contributed by atoms with E-state index < -0.39 is 16.0 Å². The van der Waals surface area contributed by atoms with Crippen molar-refractivity contribution >= 4 is 44.6 Å². The SMILES string of the molecule is COC(=O)Cn1cc(NS(=O)(=O)c2ccc(Cl)s2)cn1. The number of carbonyl (C=O) groups excluding carboxylic acids is 1. The summed E-state index contributed by atoms with van der Waals surface area (Å²) in [5.74, 6) is -0.479. The van der Waals surface area contributed by atoms with Crippen LogP contribution >= 0.6 is 22.9 Å². The first kappa shape index (κ1) is 14.8. The molecule has 2 heterocycles. The van der Waals surface area contributed by atoms with Gasteiger partial charge in [0.25, 0.3) is 10.0 Å². The molecular weight excluding hydrogens is 326 g/mol. The normalized spacial score (nSPS) is 11.3. The van der Waals surface area contributed by atoms with Crippen molar-refractivity contribution in [3.05, 3.63) is 28.9 Å². The molecular formula is C10H10ClN3O4S2. The van der Waals surface area contributed by atoms with E-state index in [-0.39, 0.29) is 16.4 Å². The minimum atomic E-state index is -3.70. The van der Waals surface area contributed by atoms with Crippen molar-refractivity contribution in [3.63, 3.8) is 0 Å². The van der Waals surface area contributed by atoms with Gasteiger partial charge in [-0.25, -0.2) is 8.42 Å². The van der Waals surface area contributed by atoms with Crippen LogP contribution < -0.4 is 4.72 Å². The number of aromatic nitrogens is 2. The molecule has 0 aromatic carbocycles. The smallest absolute Gasteiger partial charge is 0.327 e. The lowest BCUT2D eigenvalue weighted by atomic mass is 10.6. The molecule has 7 nitrogen and oxygen atoms in total. The van der Waals surface area contributed by atoms with Crippen LogP contribution in [-0.2, 0) is 26.1 Å². The number of methoxy groups -OCH3 is 1. The highest BCUT2D eigenvalue weighted by Gasteiger charge is 2.17. The highest BCUT2D eigenvalue weighted by molar-refractivity contribution is 7.94. The maximum Gasteiger partial charge on any atom is 0.327 e. The highest BCUT2D eigenvalue weighted by Crippen LogP contribution is 2.27. The number of anilines is 1. The number of ether oxygens (including phenoxy) is 1. The number of hydrogen-bond acceptors (Lipinski definition) is 6. The van der Waals surface area contributed by atoms with Crippen molar-refractivity contribution in [1.29, 1.82) is 0 Å². The average molecular weight is 336 g/mol. The Hall–Kier alpha value is -1.58. The average Bonchev–Trinajstić information content (AvgIpc) is 2.98. The Balaban J connectivity index is 2.12. The van der Waals surface area contributed by atoms with Gasteiger partial charge < -0.3 is 4.74 Å². The number of nitrogens with one attached hydrogen (secondary N) is 1. The minimum Gasteiger partial charge on any atom is -0.468 e. The van der Waals surface area contributed by atoms with Gasteiger partial charge in [-0.15, -0.1) is 11.3 Å². The number of rotatable bonds is 5. The third kappa shape index (κ3) is 3.50. The second kappa shape index (κ2) is 5.81. The van der Waals surface area contributed by atoms with Crippen molar-refractivity contribution in [2.75, 3.05) is 11.8 Å². The van der Waals surface area contributed by atoms with Gasteiger partial charge in [-0.2, -0.15) is 5.10 Å². The molecule has 0 atom stereocenters. The number of sulfonamides is 1. The second-order valence-corrected chi connectivity index (χ2v) is 7.29. The van der Waals surface area contributed by atoms with Gasteiger partial charge in [0.15, 0.2) is 0 Å². The van der Waals surface area contributed by atoms with Gasteiger partial charge >= 0.3 is 5.97 Å². The Kier molecular flexibility index (Phi) is 4.31. The summed E-state index contributed by atoms with van der Waals surface area (Å²) < 4.78 is 32.6. The van der Waals surface area contributed by atoms with Gasteiger partial charge in [0, 0.05) is 6.20 Å². The summed E-state index contributed by atoms with van der Waals surface area (Å²) in [6.45, 7) is -0.0942. The van der Waals surface area contributed by atoms with Gasteiger partial charge in [-0.05, 0) is 12.1 Å². The van der Waals surface area contributed by atoms with Crippen LogP contribution in [0.1, 0.15) is 0 Å². The van der Waals surface area contributed by atoms with E-state index in [2.05, 4.69) is 14.6 Å². The fourth-order valence-electron chi connectivity index (χ4n) is 1.35. The lowest BCUT2D eigenvalue weighted by molar-refractivity contribution is -0.141. The van der Waals surface area contributed by atoms with Crippen LogP contribution in [0.5, 0.6) is 0 Å². The Bertz CT molecular complexity index is 722. The van der Waals surface area contributed by atoms with E-state index in [1.54, 1.807) is 0 Å². The van der Waals surface area contributed by atoms with E-state index in [1.807, 2.05) is 0 Å². The third-order valence-corrected chi connectivity index (χ3v) is 5.32. The maximum absolute atomic E-state index is 12.0. The molecule has 108 valence electrons. The van der Waals surface area contributed by atoms with Crippen LogP contribution in [-0.4, -0.2) is 31.3 Å². The van der Waals surface area contributed by atoms with Crippen LogP contribution in [0.2, 0.25) is 4.34 Å². The van der Waals surface area contributed by atoms with E-state index >= 15 is 0 Å². The fourth-order valence-corrected chi connectivity index (χ4v) is 3.86. The Morgan fingerprint density at radius 3 is 2.90 bits per heavy atom. The topological polar surface area (TPSA) is 90.3 Å². The molecule has 10 heteroatoms. The van der Waals surface area contributed by atoms with Gasteiger partial charge in [-0.3, -0.25) is 14.2 Å². The van der Waals surface area contributed by atoms with Crippen LogP contribution in [0.25, 0.3) is 0 Å². The Morgan fingerprint density at radius 2 is 2.30 bits per heavy atom. The zero-order valence-electron chi connectivity index (χ0n) is 10.2. The summed E-state index contributed by atoms with van der Waals surface area (Å²) in [5, 5.41) is 3.85. The Morgan fingerprint density at radius 1 is 1.55 bits per heavy atom. The van der Waals surface area contributed by atoms with E-state index in [4.69, 9.17) is 11.6 Å². The molecule has 0 unspecified atom stereocenters. The van der Waals surface area contributed by atoms with Gasteiger partial charge in [-0.1, -0.05) is 11.6 Å². The number of carbonyl (C=O) groups is 1. The molecule has 20 heavy (non-hydrogen) atoms. The number of esters is 1. The molecule has 0 aliphatic heterocycles. The number of halogens is 1. The number of nitrogens with zero attached hydrogens (tertiary/aromatic N) is 2. The molecule has 0 bridgehead atoms. The number of hydrogen-bond donors (Lipinski definition) is 1. The van der Waals surface area contributed by atoms with E-state index in [1.165, 1.54) is 36.3 Å². The largest absolute Gasteiger partial charge is 0.468 e. The highest BCUT2D eigenvalue weighted by atomic mass is 35.5. The van der Waals surface area contributed by atoms with E-state index in [0.717, 1.165) is 11.3 Å². The van der Waals surface area contributed by atoms with E-state index in [0.29, 0.717) is 4.34 Å². The summed E-state index contributed by atoms with van der Waals surface area (Å²) in [4.78, 5) is 11.1. The molecule has 2 aromatic heterocycles. The Labute approximate surface area is 124 Å². The minimum absolute atomic E-state index is 0.0942. The summed E-state index contributed by atoms with van der Waals surface area (Å²) in [6, 6.07) is 2.91. The van der Waals surface area contributed by atoms with Crippen molar-refractivity contribution in [1.82, 2.24) is 9.78 Å². The predicted molar refractivity (Wildman–Crippen MR) is 74.4 cm³/mol. The first-order chi connectivity index (χ1) is 9.40. The molecule has 0 spiro atoms. The molecule has 0 radical (unpaired) electrons. The number of thiophene rings is 1. The molecule has 0 amide bonds. The van der Waals surface area contributed by atoms with Gasteiger partial charge in [0.2, 0.25) is 0 Å². The zero-order chi connectivity index (χ0) is 14.8. The lowest BCUT2D eigenvalue weighted by Crippen LogP contribution is -2.12. The fraction of sp³-hybridized carbons (Fsp3) is 0.200. The first-order valence-electron chi connectivity index (χ1n) is 5.28. The van der Waals surface area contributed by atoms with Gasteiger partial charge in [0.1, 0.15) is 10.8 Å². The zero-order valence-corrected chi connectivity index (χ0v) is 12.6. The molecule has 0 saturated carbocycles. The molecule has 0 fully saturated rings. The molecule has 2 rings (SSSR count). The summed E-state index contributed by atoms with van der Waals surface area (Å²) in [7, 11) is -2.44. The standard InChI is InChI=1S/C10H10ClN3O4S2/c1-18-9(15)6-14-5-7(4-12-14)13-20(16,17)10-3-2-8(11)19-10/h2-5,13H,6H2,1H3. The van der Waals surface area contributed by atoms with Crippen LogP contribution in [0.4, 0.5) is 5.69 Å². The molecule has 0 saturated heterocycles. The predicted octanol–water partition coefficient (Wildman–Crippen LogP) is 1.57. The summed E-state index contributed by atoms with van der Waals surface area (Å²) >= 11 is 6.65. The second-order valence-electron chi connectivity index (χ2n) is 3.67. The molecule has 2 aromatic rings. The molecule has 0 aliphatic carbocycles. The third-order valence-electron chi connectivity index (χ3n) is 2.22. The van der Waals surface area contributed by atoms with Crippen LogP contribution in [0.3, 0.4) is 0 Å². The van der Waals surface area contributed by atoms with Gasteiger partial charge in [0.05, 0.1) is 23.3 Å². The first-order valence-corrected chi connectivity index (χ1v) is 7.96. The summed E-state index contributed by atoms with van der Waals surface area (Å²) in [5.41, 5.74) is 0.249. The van der Waals surface area contributed by atoms with Crippen molar-refractivity contribution in [3.8, 4) is 0 Å². The van der Waals surface area contributed by atoms with E-state index in [9.17, 15) is 13.2 Å².